The number of hydrogen-bond donors (Lipinski definition) is 0. The summed E-state index contributed by atoms with van der Waals surface area (Å²) in [6.45, 7) is 2.95. The number of carbonyl (C=O) groups is 1. The Labute approximate surface area is 246 Å². The fourth-order valence-electron chi connectivity index (χ4n) is 6.36. The average Bonchev–Trinajstić information content (AvgIpc) is 3.01. The van der Waals surface area contributed by atoms with Gasteiger partial charge in [-0.25, -0.2) is 0 Å². The summed E-state index contributed by atoms with van der Waals surface area (Å²) < 4.78 is 6.37. The van der Waals surface area contributed by atoms with Crippen LogP contribution in [0.2, 0.25) is 0 Å². The minimum Gasteiger partial charge on any atom is -0.490 e. The van der Waals surface area contributed by atoms with Gasteiger partial charge in [-0.2, -0.15) is 0 Å². The van der Waals surface area contributed by atoms with E-state index >= 15 is 0 Å². The molecule has 5 rings (SSSR count). The molecule has 1 saturated heterocycles. The Hall–Kier alpha value is -3.39. The summed E-state index contributed by atoms with van der Waals surface area (Å²) in [5.41, 5.74) is 4.34. The zero-order chi connectivity index (χ0) is 28.5. The van der Waals surface area contributed by atoms with Crippen LogP contribution >= 0.6 is 0 Å². The van der Waals surface area contributed by atoms with Gasteiger partial charge in [-0.15, -0.1) is 0 Å². The van der Waals surface area contributed by atoms with Gasteiger partial charge >= 0.3 is 0 Å². The first kappa shape index (κ1) is 29.1. The van der Waals surface area contributed by atoms with Crippen LogP contribution in [0.25, 0.3) is 0 Å². The van der Waals surface area contributed by atoms with Crippen LogP contribution in [0.15, 0.2) is 78.9 Å². The van der Waals surface area contributed by atoms with Crippen LogP contribution in [-0.4, -0.2) is 54.4 Å². The number of nitrogens with zero attached hydrogens (tertiary/aromatic N) is 2. The standard InChI is InChI=1S/C37H44N2O2/c1-38(2)37(23-7-4-8-24-37)25-20-36(40)33-12-9-13-35(28-33)41-34-21-26-39(27-22-34)29-32-18-16-31(17-19-32)15-14-30-10-5-3-6-11-30/h3,5-6,9-13,16-19,28,34H,4,7-8,20-27,29H2,1-2H3. The van der Waals surface area contributed by atoms with Gasteiger partial charge in [0.2, 0.25) is 0 Å². The van der Waals surface area contributed by atoms with E-state index in [0.717, 1.165) is 61.3 Å². The molecule has 1 aliphatic carbocycles. The second-order valence-corrected chi connectivity index (χ2v) is 12.0. The van der Waals surface area contributed by atoms with Crippen molar-refractivity contribution >= 4 is 5.78 Å². The molecule has 0 N–H and O–H groups in total. The number of piperidine rings is 1. The van der Waals surface area contributed by atoms with Gasteiger partial charge in [0.25, 0.3) is 0 Å². The summed E-state index contributed by atoms with van der Waals surface area (Å²) in [5, 5.41) is 0. The van der Waals surface area contributed by atoms with E-state index in [1.54, 1.807) is 0 Å². The Morgan fingerprint density at radius 1 is 0.878 bits per heavy atom. The highest BCUT2D eigenvalue weighted by Gasteiger charge is 2.34. The summed E-state index contributed by atoms with van der Waals surface area (Å²) in [6, 6.07) is 26.6. The molecule has 0 spiro atoms. The lowest BCUT2D eigenvalue weighted by molar-refractivity contribution is 0.0770. The largest absolute Gasteiger partial charge is 0.490 e. The van der Waals surface area contributed by atoms with Crippen molar-refractivity contribution in [2.45, 2.75) is 76.0 Å². The van der Waals surface area contributed by atoms with Gasteiger partial charge in [0.05, 0.1) is 0 Å². The van der Waals surface area contributed by atoms with E-state index in [2.05, 4.69) is 60.0 Å². The van der Waals surface area contributed by atoms with Crippen LogP contribution in [0, 0.1) is 11.8 Å². The number of likely N-dealkylation sites (tertiary alicyclic amines) is 1. The van der Waals surface area contributed by atoms with Gasteiger partial charge in [-0.1, -0.05) is 73.6 Å². The molecule has 3 aromatic rings. The van der Waals surface area contributed by atoms with Crippen molar-refractivity contribution in [1.29, 1.82) is 0 Å². The molecular weight excluding hydrogens is 504 g/mol. The van der Waals surface area contributed by atoms with Gasteiger partial charge in [-0.05, 0) is 88.2 Å². The van der Waals surface area contributed by atoms with Crippen LogP contribution < -0.4 is 4.74 Å². The molecule has 3 aromatic carbocycles. The maximum Gasteiger partial charge on any atom is 0.163 e. The summed E-state index contributed by atoms with van der Waals surface area (Å²) in [5.74, 6) is 7.53. The highest BCUT2D eigenvalue weighted by molar-refractivity contribution is 5.96. The Balaban J connectivity index is 1.08. The van der Waals surface area contributed by atoms with Gasteiger partial charge < -0.3 is 9.64 Å². The van der Waals surface area contributed by atoms with E-state index in [9.17, 15) is 4.79 Å². The van der Waals surface area contributed by atoms with Crippen molar-refractivity contribution in [3.8, 4) is 17.6 Å². The first-order chi connectivity index (χ1) is 20.0. The van der Waals surface area contributed by atoms with Gasteiger partial charge in [0, 0.05) is 48.3 Å². The number of rotatable bonds is 9. The molecule has 0 aromatic heterocycles. The van der Waals surface area contributed by atoms with E-state index in [1.807, 2.05) is 54.6 Å². The molecule has 2 fully saturated rings. The quantitative estimate of drug-likeness (QED) is 0.207. The summed E-state index contributed by atoms with van der Waals surface area (Å²) in [7, 11) is 4.35. The first-order valence-electron chi connectivity index (χ1n) is 15.3. The zero-order valence-corrected chi connectivity index (χ0v) is 24.8. The number of hydrogen-bond acceptors (Lipinski definition) is 4. The Morgan fingerprint density at radius 3 is 2.24 bits per heavy atom. The molecule has 214 valence electrons. The number of Topliss-reactive ketones (excluding diaryl/α,β-unsaturated/α-hetero) is 1. The molecule has 1 aliphatic heterocycles. The molecule has 4 heteroatoms. The summed E-state index contributed by atoms with van der Waals surface area (Å²) >= 11 is 0. The molecule has 1 saturated carbocycles. The fourth-order valence-corrected chi connectivity index (χ4v) is 6.36. The highest BCUT2D eigenvalue weighted by Crippen LogP contribution is 2.36. The summed E-state index contributed by atoms with van der Waals surface area (Å²) in [6.07, 6.45) is 9.96. The average molecular weight is 549 g/mol. The van der Waals surface area contributed by atoms with Crippen molar-refractivity contribution in [3.63, 3.8) is 0 Å². The predicted molar refractivity (Wildman–Crippen MR) is 167 cm³/mol. The lowest BCUT2D eigenvalue weighted by Crippen LogP contribution is -2.46. The molecule has 0 amide bonds. The second kappa shape index (κ2) is 14.0. The van der Waals surface area contributed by atoms with E-state index in [0.29, 0.717) is 6.42 Å². The molecule has 2 aliphatic rings. The molecule has 41 heavy (non-hydrogen) atoms. The van der Waals surface area contributed by atoms with Crippen LogP contribution in [0.3, 0.4) is 0 Å². The van der Waals surface area contributed by atoms with E-state index in [-0.39, 0.29) is 17.4 Å². The Bertz CT molecular complexity index is 1320. The molecule has 0 bridgehead atoms. The van der Waals surface area contributed by atoms with E-state index < -0.39 is 0 Å². The Morgan fingerprint density at radius 2 is 1.56 bits per heavy atom. The number of ketones is 1. The normalized spacial score (nSPS) is 17.5. The predicted octanol–water partition coefficient (Wildman–Crippen LogP) is 7.36. The minimum absolute atomic E-state index is 0.175. The third-order valence-electron chi connectivity index (χ3n) is 9.03. The lowest BCUT2D eigenvalue weighted by Gasteiger charge is -2.43. The molecule has 0 unspecified atom stereocenters. The number of carbonyl (C=O) groups excluding carboxylic acids is 1. The third-order valence-corrected chi connectivity index (χ3v) is 9.03. The van der Waals surface area contributed by atoms with Crippen molar-refractivity contribution in [1.82, 2.24) is 9.80 Å². The minimum atomic E-state index is 0.175. The van der Waals surface area contributed by atoms with Gasteiger partial charge in [0.15, 0.2) is 5.78 Å². The molecular formula is C37H44N2O2. The van der Waals surface area contributed by atoms with Gasteiger partial charge in [-0.3, -0.25) is 9.69 Å². The van der Waals surface area contributed by atoms with E-state index in [4.69, 9.17) is 4.74 Å². The molecule has 0 radical (unpaired) electrons. The third kappa shape index (κ3) is 8.09. The SMILES string of the molecule is CN(C)C1(CCC(=O)c2cccc(OC3CCN(Cc4ccc(C#Cc5ccccc5)cc4)CC3)c2)CCCCC1. The van der Waals surface area contributed by atoms with Crippen LogP contribution in [0.1, 0.15) is 84.8 Å². The smallest absolute Gasteiger partial charge is 0.163 e. The zero-order valence-electron chi connectivity index (χ0n) is 24.8. The molecule has 0 atom stereocenters. The maximum atomic E-state index is 13.1. The number of ether oxygens (including phenoxy) is 1. The first-order valence-corrected chi connectivity index (χ1v) is 15.3. The van der Waals surface area contributed by atoms with Crippen molar-refractivity contribution in [3.05, 3.63) is 101 Å². The fraction of sp³-hybridized carbons (Fsp3) is 0.432. The molecule has 1 heterocycles. The lowest BCUT2D eigenvalue weighted by atomic mass is 9.77. The van der Waals surface area contributed by atoms with Crippen LogP contribution in [0.4, 0.5) is 0 Å². The van der Waals surface area contributed by atoms with Crippen molar-refractivity contribution in [2.24, 2.45) is 0 Å². The molecule has 4 nitrogen and oxygen atoms in total. The van der Waals surface area contributed by atoms with Crippen molar-refractivity contribution < 1.29 is 9.53 Å². The van der Waals surface area contributed by atoms with Crippen molar-refractivity contribution in [2.75, 3.05) is 27.2 Å². The van der Waals surface area contributed by atoms with Crippen LogP contribution in [0.5, 0.6) is 5.75 Å². The van der Waals surface area contributed by atoms with E-state index in [1.165, 1.54) is 37.7 Å². The monoisotopic (exact) mass is 548 g/mol. The second-order valence-electron chi connectivity index (χ2n) is 12.0. The van der Waals surface area contributed by atoms with Gasteiger partial charge in [0.1, 0.15) is 11.9 Å². The number of benzene rings is 3. The Kier molecular flexibility index (Phi) is 9.93. The van der Waals surface area contributed by atoms with Crippen LogP contribution in [-0.2, 0) is 6.54 Å². The summed E-state index contributed by atoms with van der Waals surface area (Å²) in [4.78, 5) is 18.0. The maximum absolute atomic E-state index is 13.1. The highest BCUT2D eigenvalue weighted by atomic mass is 16.5. The topological polar surface area (TPSA) is 32.8 Å².